The highest BCUT2D eigenvalue weighted by molar-refractivity contribution is 8.00. The molecule has 0 spiro atoms. The van der Waals surface area contributed by atoms with E-state index in [1.165, 1.54) is 41.3 Å². The Bertz CT molecular complexity index is 1250. The van der Waals surface area contributed by atoms with Crippen LogP contribution in [0.1, 0.15) is 26.7 Å². The molecule has 0 fully saturated rings. The van der Waals surface area contributed by atoms with Crippen molar-refractivity contribution in [2.75, 3.05) is 0 Å². The molecule has 0 aliphatic heterocycles. The van der Waals surface area contributed by atoms with E-state index in [0.717, 1.165) is 14.7 Å². The zero-order valence-corrected chi connectivity index (χ0v) is 18.2. The van der Waals surface area contributed by atoms with Gasteiger partial charge in [-0.1, -0.05) is 59.5 Å². The third kappa shape index (κ3) is 5.22. The summed E-state index contributed by atoms with van der Waals surface area (Å²) in [5, 5.41) is 12.3. The topological polar surface area (TPSA) is 77.2 Å². The second-order valence-corrected chi connectivity index (χ2v) is 9.02. The monoisotopic (exact) mass is 479 g/mol. The maximum absolute atomic E-state index is 12.9. The highest BCUT2D eigenvalue weighted by Crippen LogP contribution is 2.33. The van der Waals surface area contributed by atoms with E-state index < -0.39 is 12.3 Å². The van der Waals surface area contributed by atoms with Crippen molar-refractivity contribution >= 4 is 40.0 Å². The molecule has 0 atom stereocenters. The average molecular weight is 480 g/mol. The molecule has 0 radical (unpaired) electrons. The molecule has 2 aromatic carbocycles. The Morgan fingerprint density at radius 3 is 2.66 bits per heavy atom. The standard InChI is InChI=1S/C21H16F3N3O3S2/c1-12-26-27-20(32-12)31-11-15-14-7-3-5-9-17(14)29-18(15)19(28)25-10-13-6-2-4-8-16(13)30-21(22,23)24/h2-9H,10-11H2,1H3,(H,25,28). The lowest BCUT2D eigenvalue weighted by atomic mass is 10.1. The molecule has 1 amide bonds. The van der Waals surface area contributed by atoms with Gasteiger partial charge in [0.2, 0.25) is 0 Å². The van der Waals surface area contributed by atoms with E-state index in [9.17, 15) is 18.0 Å². The molecule has 0 saturated heterocycles. The summed E-state index contributed by atoms with van der Waals surface area (Å²) in [6, 6.07) is 12.9. The average Bonchev–Trinajstić information content (AvgIpc) is 3.33. The number of nitrogens with one attached hydrogen (secondary N) is 1. The van der Waals surface area contributed by atoms with Crippen LogP contribution < -0.4 is 10.1 Å². The predicted molar refractivity (Wildman–Crippen MR) is 115 cm³/mol. The van der Waals surface area contributed by atoms with E-state index in [2.05, 4.69) is 20.3 Å². The van der Waals surface area contributed by atoms with Crippen molar-refractivity contribution < 1.29 is 27.1 Å². The van der Waals surface area contributed by atoms with Crippen molar-refractivity contribution in [1.82, 2.24) is 15.5 Å². The van der Waals surface area contributed by atoms with Gasteiger partial charge < -0.3 is 14.5 Å². The second-order valence-electron chi connectivity index (χ2n) is 6.62. The van der Waals surface area contributed by atoms with Gasteiger partial charge in [-0.05, 0) is 19.1 Å². The molecule has 4 aromatic rings. The first-order valence-electron chi connectivity index (χ1n) is 9.35. The molecule has 6 nitrogen and oxygen atoms in total. The van der Waals surface area contributed by atoms with Gasteiger partial charge in [-0.2, -0.15) is 0 Å². The summed E-state index contributed by atoms with van der Waals surface area (Å²) in [7, 11) is 0. The summed E-state index contributed by atoms with van der Waals surface area (Å²) in [6.07, 6.45) is -4.83. The quantitative estimate of drug-likeness (QED) is 0.342. The molecular weight excluding hydrogens is 463 g/mol. The molecule has 0 aliphatic carbocycles. The lowest BCUT2D eigenvalue weighted by molar-refractivity contribution is -0.274. The van der Waals surface area contributed by atoms with Crippen molar-refractivity contribution in [2.24, 2.45) is 0 Å². The first-order chi connectivity index (χ1) is 15.3. The minimum atomic E-state index is -4.83. The van der Waals surface area contributed by atoms with Crippen LogP contribution in [0.25, 0.3) is 11.0 Å². The number of para-hydroxylation sites is 2. The molecule has 11 heteroatoms. The number of rotatable bonds is 7. The molecule has 32 heavy (non-hydrogen) atoms. The van der Waals surface area contributed by atoms with Gasteiger partial charge in [-0.15, -0.1) is 23.4 Å². The van der Waals surface area contributed by atoms with Crippen molar-refractivity contribution in [1.29, 1.82) is 0 Å². The van der Waals surface area contributed by atoms with Crippen LogP contribution in [-0.2, 0) is 12.3 Å². The highest BCUT2D eigenvalue weighted by Gasteiger charge is 2.32. The zero-order chi connectivity index (χ0) is 22.7. The van der Waals surface area contributed by atoms with Gasteiger partial charge in [-0.25, -0.2) is 0 Å². The number of hydrogen-bond acceptors (Lipinski definition) is 7. The number of fused-ring (bicyclic) bond motifs is 1. The molecule has 166 valence electrons. The summed E-state index contributed by atoms with van der Waals surface area (Å²) in [5.74, 6) is -0.379. The zero-order valence-electron chi connectivity index (χ0n) is 16.6. The Hall–Kier alpha value is -3.05. The van der Waals surface area contributed by atoms with Crippen LogP contribution >= 0.6 is 23.1 Å². The number of hydrogen-bond donors (Lipinski definition) is 1. The van der Waals surface area contributed by atoms with Crippen LogP contribution in [0.4, 0.5) is 13.2 Å². The Balaban J connectivity index is 1.55. The maximum Gasteiger partial charge on any atom is 0.573 e. The predicted octanol–water partition coefficient (Wildman–Crippen LogP) is 5.71. The van der Waals surface area contributed by atoms with Crippen LogP contribution in [0.3, 0.4) is 0 Å². The third-order valence-electron chi connectivity index (χ3n) is 4.39. The minimum absolute atomic E-state index is 0.106. The van der Waals surface area contributed by atoms with Gasteiger partial charge in [0.15, 0.2) is 10.1 Å². The number of carbonyl (C=O) groups excluding carboxylic acids is 1. The number of nitrogens with zero attached hydrogens (tertiary/aromatic N) is 2. The number of furan rings is 1. The Morgan fingerprint density at radius 1 is 1.16 bits per heavy atom. The Morgan fingerprint density at radius 2 is 1.91 bits per heavy atom. The summed E-state index contributed by atoms with van der Waals surface area (Å²) >= 11 is 2.88. The van der Waals surface area contributed by atoms with E-state index in [4.69, 9.17) is 4.42 Å². The first kappa shape index (κ1) is 22.2. The molecule has 4 rings (SSSR count). The molecule has 2 aromatic heterocycles. The number of amides is 1. The number of benzene rings is 2. The molecule has 2 heterocycles. The lowest BCUT2D eigenvalue weighted by Crippen LogP contribution is -2.24. The van der Waals surface area contributed by atoms with Crippen molar-refractivity contribution in [2.45, 2.75) is 29.9 Å². The van der Waals surface area contributed by atoms with Gasteiger partial charge in [0.05, 0.1) is 0 Å². The SMILES string of the molecule is Cc1nnc(SCc2c(C(=O)NCc3ccccc3OC(F)(F)F)oc3ccccc23)s1. The molecule has 0 saturated carbocycles. The van der Waals surface area contributed by atoms with E-state index in [1.54, 1.807) is 18.2 Å². The van der Waals surface area contributed by atoms with Crippen molar-refractivity contribution in [3.63, 3.8) is 0 Å². The number of ether oxygens (including phenoxy) is 1. The Kier molecular flexibility index (Phi) is 6.38. The number of halogens is 3. The fourth-order valence-corrected chi connectivity index (χ4v) is 4.87. The van der Waals surface area contributed by atoms with Crippen LogP contribution in [0, 0.1) is 6.92 Å². The molecule has 1 N–H and O–H groups in total. The lowest BCUT2D eigenvalue weighted by Gasteiger charge is -2.13. The smallest absolute Gasteiger partial charge is 0.451 e. The van der Waals surface area contributed by atoms with E-state index in [1.807, 2.05) is 19.1 Å². The van der Waals surface area contributed by atoms with Crippen molar-refractivity contribution in [3.05, 3.63) is 70.4 Å². The third-order valence-corrected chi connectivity index (χ3v) is 6.39. The molecule has 0 unspecified atom stereocenters. The fourth-order valence-electron chi connectivity index (χ4n) is 3.03. The van der Waals surface area contributed by atoms with E-state index in [0.29, 0.717) is 16.9 Å². The largest absolute Gasteiger partial charge is 0.573 e. The maximum atomic E-state index is 12.9. The van der Waals surface area contributed by atoms with Crippen LogP contribution in [0.2, 0.25) is 0 Å². The Labute approximate surface area is 188 Å². The summed E-state index contributed by atoms with van der Waals surface area (Å²) in [6.45, 7) is 1.69. The first-order valence-corrected chi connectivity index (χ1v) is 11.2. The minimum Gasteiger partial charge on any atom is -0.451 e. The number of alkyl halides is 3. The molecular formula is C21H16F3N3O3S2. The van der Waals surface area contributed by atoms with Gasteiger partial charge >= 0.3 is 6.36 Å². The summed E-state index contributed by atoms with van der Waals surface area (Å²) < 4.78 is 48.5. The van der Waals surface area contributed by atoms with Gasteiger partial charge in [0, 0.05) is 28.8 Å². The second kappa shape index (κ2) is 9.21. The number of aromatic nitrogens is 2. The van der Waals surface area contributed by atoms with Crippen LogP contribution in [0.5, 0.6) is 5.75 Å². The number of thioether (sulfide) groups is 1. The fraction of sp³-hybridized carbons (Fsp3) is 0.190. The summed E-state index contributed by atoms with van der Waals surface area (Å²) in [5.41, 5.74) is 1.41. The van der Waals surface area contributed by atoms with Crippen LogP contribution in [0.15, 0.2) is 57.3 Å². The van der Waals surface area contributed by atoms with E-state index >= 15 is 0 Å². The number of carbonyl (C=O) groups is 1. The highest BCUT2D eigenvalue weighted by atomic mass is 32.2. The van der Waals surface area contributed by atoms with Gasteiger partial charge in [-0.3, -0.25) is 4.79 Å². The normalized spacial score (nSPS) is 11.6. The van der Waals surface area contributed by atoms with Crippen molar-refractivity contribution in [3.8, 4) is 5.75 Å². The van der Waals surface area contributed by atoms with E-state index in [-0.39, 0.29) is 23.6 Å². The molecule has 0 bridgehead atoms. The number of aryl methyl sites for hydroxylation is 1. The summed E-state index contributed by atoms with van der Waals surface area (Å²) in [4.78, 5) is 12.9. The van der Waals surface area contributed by atoms with Gasteiger partial charge in [0.25, 0.3) is 5.91 Å². The molecule has 0 aliphatic rings. The van der Waals surface area contributed by atoms with Gasteiger partial charge in [0.1, 0.15) is 16.3 Å². The van der Waals surface area contributed by atoms with Crippen LogP contribution in [-0.4, -0.2) is 22.5 Å².